The number of carbonyl (C=O) groups excluding carboxylic acids is 4. The predicted octanol–water partition coefficient (Wildman–Crippen LogP) is 13.6. The summed E-state index contributed by atoms with van der Waals surface area (Å²) >= 11 is 2.19. The summed E-state index contributed by atoms with van der Waals surface area (Å²) in [4.78, 5) is 78.7. The third kappa shape index (κ3) is 35.1. The van der Waals surface area contributed by atoms with E-state index in [4.69, 9.17) is 49.0 Å². The topological polar surface area (TPSA) is 355 Å². The van der Waals surface area contributed by atoms with Crippen molar-refractivity contribution in [2.75, 3.05) is 0 Å². The fourth-order valence-corrected chi connectivity index (χ4v) is 16.6. The number of nitrogens with two attached hydrogens (primary N) is 2. The SMILES string of the molecule is CC(C)(C)[Si](C)(C)O[C@@H]1C(SOOc2ccccc2)C(=O)C[C@H]1Cc1ccccc1.CC(C)C[C@@H]1CC(=O)C(SOOc2ccccc2)[C@H]1O[Si](C)(C)C(C)(C)C.CC(C)C[C@@H]1NC(=O)C[C@@H]1O.CC(C)C[C@H](N)[C@@H](O)CC(=O)O.N[C@@H](Cc1ccccc1)[C@@H](O)CC(=O)O.O=C1C[C@H](O)[C@H](Cc2ccccc2)N1. The largest absolute Gasteiger partial charge is 0.481 e. The second-order valence-corrected chi connectivity index (χ2v) is 44.2. The van der Waals surface area contributed by atoms with Crippen LogP contribution >= 0.6 is 24.1 Å². The quantitative estimate of drug-likeness (QED) is 0.00883. The Hall–Kier alpha value is -6.35. The number of carboxylic acid groups (broad SMARTS) is 2. The first-order valence-electron chi connectivity index (χ1n) is 37.9. The van der Waals surface area contributed by atoms with Gasteiger partial charge in [0.15, 0.2) is 39.7 Å². The van der Waals surface area contributed by atoms with E-state index in [-0.39, 0.29) is 101 Å². The summed E-state index contributed by atoms with van der Waals surface area (Å²) in [6.45, 7) is 34.8. The van der Waals surface area contributed by atoms with E-state index in [0.29, 0.717) is 61.4 Å². The van der Waals surface area contributed by atoms with Crippen LogP contribution in [0.1, 0.15) is 158 Å². The standard InChI is InChI=1S/C24H32O4SSi.C21H34O4SSi.C11H15NO3.C11H13NO2.C8H17NO3.C8H15NO2/c1-24(2,3)30(4,5)27-22-19(16-18-12-8-6-9-13-18)17-21(25)23(22)29-28-26-20-14-10-7-11-15-20;1-15(2)13-16-14-18(22)20(19(16)24-27(6,7)21(3,4)5)26-25-23-17-11-9-8-10-12-17;12-9(10(13)7-11(14)15)6-8-4-2-1-3-5-8;13-10-7-11(14)12-9(10)6-8-4-2-1-3-5-8;1-5(2)3-6(9)7(10)4-8(11)12;1-5(2)3-6-7(10)4-8(11)9-6/h6-15,19,22-23H,16-17H2,1-5H3;8-12,15-16,19-20H,13-14H2,1-7H3;1-5,9-10,13H,6-7,12H2,(H,14,15);1-5,9-10,13H,6-7H2,(H,12,14);5-7,10H,3-4,9H2,1-2H3,(H,11,12);5-7,10H,3-4H2,1-2H3,(H,9,11)/t19-,22+,23?;16-,19+,20?;2*9-,10-;2*6-,7-/m110000/s1. The van der Waals surface area contributed by atoms with Gasteiger partial charge in [0.25, 0.3) is 0 Å². The van der Waals surface area contributed by atoms with Gasteiger partial charge in [-0.3, -0.25) is 28.8 Å². The van der Waals surface area contributed by atoms with Crippen molar-refractivity contribution in [1.29, 1.82) is 0 Å². The van der Waals surface area contributed by atoms with E-state index in [9.17, 15) is 49.2 Å². The molecular weight excluding hydrogens is 1460 g/mol. The van der Waals surface area contributed by atoms with Gasteiger partial charge in [-0.1, -0.05) is 210 Å². The normalized spacial score (nSPS) is 22.3. The summed E-state index contributed by atoms with van der Waals surface area (Å²) in [5.41, 5.74) is 14.6. The van der Waals surface area contributed by atoms with Crippen molar-refractivity contribution in [3.8, 4) is 11.5 Å². The molecule has 5 aromatic rings. The molecule has 14 atom stereocenters. The van der Waals surface area contributed by atoms with Gasteiger partial charge in [0.1, 0.15) is 10.5 Å². The summed E-state index contributed by atoms with van der Waals surface area (Å²) in [6, 6.07) is 47.2. The molecule has 12 N–H and O–H groups in total. The Kier molecular flexibility index (Phi) is 40.6. The number of carbonyl (C=O) groups is 6. The Labute approximate surface area is 658 Å². The maximum Gasteiger partial charge on any atom is 0.306 e. The highest BCUT2D eigenvalue weighted by Crippen LogP contribution is 2.46. The van der Waals surface area contributed by atoms with Gasteiger partial charge in [0.05, 0.1) is 98.5 Å². The highest BCUT2D eigenvalue weighted by molar-refractivity contribution is 7.96. The molecule has 2 saturated carbocycles. The van der Waals surface area contributed by atoms with Crippen molar-refractivity contribution in [2.24, 2.45) is 41.1 Å². The van der Waals surface area contributed by atoms with E-state index in [1.54, 1.807) is 0 Å². The fraction of sp³-hybridized carbons (Fsp3) is 0.566. The predicted molar refractivity (Wildman–Crippen MR) is 436 cm³/mol. The molecule has 0 radical (unpaired) electrons. The van der Waals surface area contributed by atoms with Gasteiger partial charge in [-0.05, 0) is 145 Å². The van der Waals surface area contributed by atoms with Crippen molar-refractivity contribution in [3.05, 3.63) is 168 Å². The Morgan fingerprint density at radius 1 is 0.486 bits per heavy atom. The third-order valence-corrected chi connectivity index (χ3v) is 30.7. The molecule has 9 rings (SSSR count). The lowest BCUT2D eigenvalue weighted by Crippen LogP contribution is -2.47. The van der Waals surface area contributed by atoms with E-state index in [2.05, 4.69) is 118 Å². The van der Waals surface area contributed by atoms with Gasteiger partial charge in [0, 0.05) is 24.9 Å². The molecule has 22 nitrogen and oxygen atoms in total. The van der Waals surface area contributed by atoms with E-state index in [1.165, 1.54) is 5.56 Å². The van der Waals surface area contributed by atoms with Gasteiger partial charge in [-0.2, -0.15) is 0 Å². The van der Waals surface area contributed by atoms with Crippen LogP contribution in [0.25, 0.3) is 0 Å². The third-order valence-electron chi connectivity index (χ3n) is 20.0. The summed E-state index contributed by atoms with van der Waals surface area (Å²) in [6.07, 6.45) is 2.25. The molecule has 2 unspecified atom stereocenters. The molecule has 2 heterocycles. The number of aliphatic hydroxyl groups excluding tert-OH is 4. The van der Waals surface area contributed by atoms with Crippen LogP contribution in [0.3, 0.4) is 0 Å². The Bertz CT molecular complexity index is 3470. The minimum absolute atomic E-state index is 0.0116. The molecular formula is C83H126N4O18S2Si2. The molecule has 2 amide bonds. The smallest absolute Gasteiger partial charge is 0.306 e. The lowest BCUT2D eigenvalue weighted by Gasteiger charge is -2.41. The average Bonchev–Trinajstić information content (AvgIpc) is 1.74. The molecule has 26 heteroatoms. The maximum absolute atomic E-state index is 12.9. The molecule has 606 valence electrons. The number of amides is 2. The minimum Gasteiger partial charge on any atom is -0.481 e. The van der Waals surface area contributed by atoms with Crippen molar-refractivity contribution in [3.63, 3.8) is 0 Å². The van der Waals surface area contributed by atoms with Gasteiger partial charge in [-0.25, -0.2) is 0 Å². The lowest BCUT2D eigenvalue weighted by atomic mass is 9.94. The highest BCUT2D eigenvalue weighted by atomic mass is 32.2. The Balaban J connectivity index is 0.000000289. The number of rotatable bonds is 30. The number of hydrogen-bond acceptors (Lipinski definition) is 20. The number of carboxylic acids is 2. The molecule has 4 aliphatic rings. The monoisotopic (exact) mass is 1590 g/mol. The zero-order valence-corrected chi connectivity index (χ0v) is 70.4. The first-order chi connectivity index (χ1) is 51.1. The molecule has 109 heavy (non-hydrogen) atoms. The van der Waals surface area contributed by atoms with Crippen molar-refractivity contribution in [1.82, 2.24) is 10.6 Å². The van der Waals surface area contributed by atoms with Crippen LogP contribution in [0.5, 0.6) is 11.5 Å². The first-order valence-corrected chi connectivity index (χ1v) is 45.4. The zero-order chi connectivity index (χ0) is 81.4. The molecule has 2 saturated heterocycles. The summed E-state index contributed by atoms with van der Waals surface area (Å²) in [5.74, 6) is 1.27. The van der Waals surface area contributed by atoms with Crippen molar-refractivity contribution in [2.45, 2.75) is 268 Å². The van der Waals surface area contributed by atoms with Crippen LogP contribution in [0.2, 0.25) is 36.3 Å². The van der Waals surface area contributed by atoms with Crippen LogP contribution in [-0.2, 0) is 65.5 Å². The summed E-state index contributed by atoms with van der Waals surface area (Å²) in [5, 5.41) is 59.3. The van der Waals surface area contributed by atoms with Crippen LogP contribution in [0.4, 0.5) is 0 Å². The molecule has 5 aromatic carbocycles. The van der Waals surface area contributed by atoms with E-state index < -0.39 is 70.3 Å². The second kappa shape index (κ2) is 46.6. The molecule has 0 spiro atoms. The van der Waals surface area contributed by atoms with E-state index in [1.807, 2.05) is 153 Å². The van der Waals surface area contributed by atoms with E-state index >= 15 is 0 Å². The number of nitrogens with one attached hydrogen (secondary N) is 2. The van der Waals surface area contributed by atoms with Gasteiger partial charge in [-0.15, -0.1) is 8.67 Å². The fourth-order valence-electron chi connectivity index (χ4n) is 12.0. The van der Waals surface area contributed by atoms with E-state index in [0.717, 1.165) is 54.5 Å². The van der Waals surface area contributed by atoms with Crippen molar-refractivity contribution >= 4 is 76.0 Å². The summed E-state index contributed by atoms with van der Waals surface area (Å²) < 4.78 is 24.3. The van der Waals surface area contributed by atoms with Crippen LogP contribution in [0, 0.1) is 29.6 Å². The van der Waals surface area contributed by atoms with Gasteiger partial charge >= 0.3 is 11.9 Å². The summed E-state index contributed by atoms with van der Waals surface area (Å²) in [7, 11) is -4.06. The zero-order valence-electron chi connectivity index (χ0n) is 66.8. The number of aliphatic hydroxyl groups is 4. The van der Waals surface area contributed by atoms with Gasteiger partial charge in [0.2, 0.25) is 11.8 Å². The molecule has 0 aromatic heterocycles. The Morgan fingerprint density at radius 3 is 1.19 bits per heavy atom. The number of para-hydroxylation sites is 2. The number of benzene rings is 5. The Morgan fingerprint density at radius 2 is 0.835 bits per heavy atom. The highest BCUT2D eigenvalue weighted by Gasteiger charge is 2.51. The van der Waals surface area contributed by atoms with Gasteiger partial charge < -0.3 is 71.4 Å². The molecule has 2 aliphatic carbocycles. The van der Waals surface area contributed by atoms with Crippen LogP contribution in [0.15, 0.2) is 152 Å². The number of Topliss-reactive ketones (excluding diaryl/α,β-unsaturated/α-hetero) is 2. The van der Waals surface area contributed by atoms with Crippen molar-refractivity contribution < 1.29 is 86.7 Å². The number of ketones is 2. The van der Waals surface area contributed by atoms with Crippen LogP contribution in [-0.4, -0.2) is 154 Å². The number of hydrogen-bond donors (Lipinski definition) is 10. The molecule has 4 fully saturated rings. The number of aliphatic carboxylic acids is 2. The second-order valence-electron chi connectivity index (χ2n) is 33.0. The van der Waals surface area contributed by atoms with Crippen LogP contribution < -0.4 is 31.9 Å². The minimum atomic E-state index is -2.07. The molecule has 0 bridgehead atoms. The average molecular weight is 1590 g/mol. The first kappa shape index (κ1) is 95.0. The lowest BCUT2D eigenvalue weighted by molar-refractivity contribution is -0.140. The maximum atomic E-state index is 12.9. The molecule has 2 aliphatic heterocycles.